The molecule has 2 aromatic rings. The molecule has 0 saturated carbocycles. The molecular formula is C18H21N3O3. The van der Waals surface area contributed by atoms with Crippen molar-refractivity contribution in [1.29, 1.82) is 0 Å². The van der Waals surface area contributed by atoms with Crippen LogP contribution in [0.25, 0.3) is 0 Å². The Morgan fingerprint density at radius 2 is 1.88 bits per heavy atom. The molecular weight excluding hydrogens is 306 g/mol. The van der Waals surface area contributed by atoms with Crippen LogP contribution in [0, 0.1) is 0 Å². The standard InChI is InChI=1S/C18H21N3O3/c1-13(22)14-10-17(19-12-14)18(23)21-8-6-20(7-9-21)15-4-3-5-16(11-15)24-2/h3-5,10-12,19H,6-9H2,1-2H3. The third-order valence-electron chi connectivity index (χ3n) is 4.31. The Bertz CT molecular complexity index is 745. The Morgan fingerprint density at radius 3 is 2.50 bits per heavy atom. The summed E-state index contributed by atoms with van der Waals surface area (Å²) < 4.78 is 5.26. The summed E-state index contributed by atoms with van der Waals surface area (Å²) in [4.78, 5) is 30.8. The van der Waals surface area contributed by atoms with Crippen LogP contribution in [0.15, 0.2) is 36.5 Å². The van der Waals surface area contributed by atoms with Crippen molar-refractivity contribution in [2.24, 2.45) is 0 Å². The maximum Gasteiger partial charge on any atom is 0.270 e. The number of aromatic nitrogens is 1. The summed E-state index contributed by atoms with van der Waals surface area (Å²) in [5.74, 6) is 0.718. The second-order valence-electron chi connectivity index (χ2n) is 5.84. The number of carbonyl (C=O) groups excluding carboxylic acids is 2. The lowest BCUT2D eigenvalue weighted by atomic mass is 10.2. The van der Waals surface area contributed by atoms with E-state index in [-0.39, 0.29) is 11.7 Å². The van der Waals surface area contributed by atoms with Crippen LogP contribution in [-0.2, 0) is 0 Å². The Labute approximate surface area is 141 Å². The van der Waals surface area contributed by atoms with Gasteiger partial charge in [0.05, 0.1) is 7.11 Å². The molecule has 0 radical (unpaired) electrons. The summed E-state index contributed by atoms with van der Waals surface area (Å²) in [5.41, 5.74) is 2.10. The number of hydrogen-bond donors (Lipinski definition) is 1. The number of methoxy groups -OCH3 is 1. The van der Waals surface area contributed by atoms with Crippen LogP contribution in [0.5, 0.6) is 5.75 Å². The molecule has 24 heavy (non-hydrogen) atoms. The van der Waals surface area contributed by atoms with Crippen molar-refractivity contribution in [2.45, 2.75) is 6.92 Å². The monoisotopic (exact) mass is 327 g/mol. The van der Waals surface area contributed by atoms with E-state index in [1.807, 2.05) is 29.2 Å². The normalized spacial score (nSPS) is 14.6. The molecule has 2 heterocycles. The van der Waals surface area contributed by atoms with Crippen molar-refractivity contribution >= 4 is 17.4 Å². The highest BCUT2D eigenvalue weighted by atomic mass is 16.5. The number of ether oxygens (including phenoxy) is 1. The fourth-order valence-electron chi connectivity index (χ4n) is 2.87. The predicted molar refractivity (Wildman–Crippen MR) is 91.9 cm³/mol. The smallest absolute Gasteiger partial charge is 0.270 e. The quantitative estimate of drug-likeness (QED) is 0.874. The fourth-order valence-corrected chi connectivity index (χ4v) is 2.87. The van der Waals surface area contributed by atoms with Crippen LogP contribution in [0.3, 0.4) is 0 Å². The predicted octanol–water partition coefficient (Wildman–Crippen LogP) is 2.19. The number of aromatic amines is 1. The maximum atomic E-state index is 12.5. The van der Waals surface area contributed by atoms with E-state index in [0.717, 1.165) is 24.5 Å². The zero-order valence-electron chi connectivity index (χ0n) is 13.9. The van der Waals surface area contributed by atoms with Gasteiger partial charge in [-0.3, -0.25) is 9.59 Å². The Hall–Kier alpha value is -2.76. The molecule has 1 N–H and O–H groups in total. The first-order valence-corrected chi connectivity index (χ1v) is 7.96. The Morgan fingerprint density at radius 1 is 1.12 bits per heavy atom. The minimum atomic E-state index is -0.0622. The van der Waals surface area contributed by atoms with Gasteiger partial charge in [0.25, 0.3) is 5.91 Å². The maximum absolute atomic E-state index is 12.5. The summed E-state index contributed by atoms with van der Waals surface area (Å²) in [6.45, 7) is 4.30. The van der Waals surface area contributed by atoms with Gasteiger partial charge in [-0.1, -0.05) is 6.07 Å². The molecule has 6 heteroatoms. The second-order valence-corrected chi connectivity index (χ2v) is 5.84. The van der Waals surface area contributed by atoms with Gasteiger partial charge in [0.15, 0.2) is 5.78 Å². The number of nitrogens with zero attached hydrogens (tertiary/aromatic N) is 2. The number of rotatable bonds is 4. The third-order valence-corrected chi connectivity index (χ3v) is 4.31. The number of amides is 1. The molecule has 1 aromatic carbocycles. The van der Waals surface area contributed by atoms with Crippen molar-refractivity contribution in [2.75, 3.05) is 38.2 Å². The van der Waals surface area contributed by atoms with Crippen molar-refractivity contribution in [3.63, 3.8) is 0 Å². The van der Waals surface area contributed by atoms with Crippen LogP contribution in [-0.4, -0.2) is 54.9 Å². The van der Waals surface area contributed by atoms with Crippen LogP contribution < -0.4 is 9.64 Å². The van der Waals surface area contributed by atoms with E-state index >= 15 is 0 Å². The first kappa shape index (κ1) is 16.1. The van der Waals surface area contributed by atoms with Gasteiger partial charge >= 0.3 is 0 Å². The van der Waals surface area contributed by atoms with Gasteiger partial charge in [-0.05, 0) is 25.1 Å². The molecule has 0 unspecified atom stereocenters. The topological polar surface area (TPSA) is 65.6 Å². The highest BCUT2D eigenvalue weighted by molar-refractivity contribution is 5.99. The average Bonchev–Trinajstić information content (AvgIpc) is 3.12. The number of anilines is 1. The molecule has 126 valence electrons. The van der Waals surface area contributed by atoms with Crippen molar-refractivity contribution < 1.29 is 14.3 Å². The molecule has 0 spiro atoms. The van der Waals surface area contributed by atoms with Crippen molar-refractivity contribution in [1.82, 2.24) is 9.88 Å². The van der Waals surface area contributed by atoms with Gasteiger partial charge in [0, 0.05) is 49.7 Å². The molecule has 1 aliphatic rings. The molecule has 0 aliphatic carbocycles. The number of hydrogen-bond acceptors (Lipinski definition) is 4. The van der Waals surface area contributed by atoms with E-state index in [4.69, 9.17) is 4.74 Å². The lowest BCUT2D eigenvalue weighted by Gasteiger charge is -2.36. The Kier molecular flexibility index (Phi) is 4.55. The van der Waals surface area contributed by atoms with Gasteiger partial charge in [0.1, 0.15) is 11.4 Å². The number of benzene rings is 1. The lowest BCUT2D eigenvalue weighted by Crippen LogP contribution is -2.48. The summed E-state index contributed by atoms with van der Waals surface area (Å²) in [7, 11) is 1.65. The first-order valence-electron chi connectivity index (χ1n) is 7.96. The molecule has 1 fully saturated rings. The molecule has 1 amide bonds. The summed E-state index contributed by atoms with van der Waals surface area (Å²) in [5, 5.41) is 0. The number of nitrogens with one attached hydrogen (secondary N) is 1. The molecule has 0 atom stereocenters. The first-order chi connectivity index (χ1) is 11.6. The van der Waals surface area contributed by atoms with E-state index in [1.54, 1.807) is 19.4 Å². The summed E-state index contributed by atoms with van der Waals surface area (Å²) in [6.07, 6.45) is 1.59. The van der Waals surface area contributed by atoms with Crippen molar-refractivity contribution in [3.8, 4) is 5.75 Å². The van der Waals surface area contributed by atoms with Crippen LogP contribution in [0.2, 0.25) is 0 Å². The van der Waals surface area contributed by atoms with E-state index in [9.17, 15) is 9.59 Å². The van der Waals surface area contributed by atoms with Crippen LogP contribution >= 0.6 is 0 Å². The number of H-pyrrole nitrogens is 1. The third kappa shape index (κ3) is 3.27. The molecule has 1 aromatic heterocycles. The minimum absolute atomic E-state index is 0.0480. The molecule has 1 saturated heterocycles. The lowest BCUT2D eigenvalue weighted by molar-refractivity contribution is 0.0741. The highest BCUT2D eigenvalue weighted by Crippen LogP contribution is 2.22. The fraction of sp³-hybridized carbons (Fsp3) is 0.333. The number of ketones is 1. The zero-order valence-corrected chi connectivity index (χ0v) is 13.9. The molecule has 1 aliphatic heterocycles. The van der Waals surface area contributed by atoms with Gasteiger partial charge in [-0.25, -0.2) is 0 Å². The van der Waals surface area contributed by atoms with E-state index < -0.39 is 0 Å². The van der Waals surface area contributed by atoms with E-state index in [0.29, 0.717) is 24.3 Å². The van der Waals surface area contributed by atoms with Crippen molar-refractivity contribution in [3.05, 3.63) is 47.8 Å². The second kappa shape index (κ2) is 6.78. The number of Topliss-reactive ketones (excluding diaryl/α,β-unsaturated/α-hetero) is 1. The van der Waals surface area contributed by atoms with Crippen LogP contribution in [0.4, 0.5) is 5.69 Å². The number of carbonyl (C=O) groups is 2. The van der Waals surface area contributed by atoms with Crippen LogP contribution in [0.1, 0.15) is 27.8 Å². The molecule has 0 bridgehead atoms. The van der Waals surface area contributed by atoms with Gasteiger partial charge in [-0.15, -0.1) is 0 Å². The van der Waals surface area contributed by atoms with Gasteiger partial charge in [-0.2, -0.15) is 0 Å². The largest absolute Gasteiger partial charge is 0.497 e. The Balaban J connectivity index is 1.63. The zero-order chi connectivity index (χ0) is 17.1. The average molecular weight is 327 g/mol. The summed E-state index contributed by atoms with van der Waals surface area (Å²) in [6, 6.07) is 9.56. The van der Waals surface area contributed by atoms with Gasteiger partial charge < -0.3 is 19.5 Å². The van der Waals surface area contributed by atoms with E-state index in [1.165, 1.54) is 6.92 Å². The molecule has 3 rings (SSSR count). The molecule has 6 nitrogen and oxygen atoms in total. The van der Waals surface area contributed by atoms with Gasteiger partial charge in [0.2, 0.25) is 0 Å². The summed E-state index contributed by atoms with van der Waals surface area (Å²) >= 11 is 0. The van der Waals surface area contributed by atoms with E-state index in [2.05, 4.69) is 9.88 Å². The highest BCUT2D eigenvalue weighted by Gasteiger charge is 2.23. The number of piperazine rings is 1. The SMILES string of the molecule is COc1cccc(N2CCN(C(=O)c3cc(C(C)=O)c[nH]3)CC2)c1. The minimum Gasteiger partial charge on any atom is -0.497 e.